The van der Waals surface area contributed by atoms with Gasteiger partial charge in [-0.15, -0.1) is 0 Å². The van der Waals surface area contributed by atoms with Crippen LogP contribution in [0.1, 0.15) is 11.1 Å². The number of rotatable bonds is 5. The van der Waals surface area contributed by atoms with E-state index in [0.717, 1.165) is 16.9 Å². The molecule has 0 spiro atoms. The summed E-state index contributed by atoms with van der Waals surface area (Å²) in [6.07, 6.45) is 0.411. The minimum atomic E-state index is -0.542. The number of aliphatic hydroxyl groups excluding tert-OH is 1. The van der Waals surface area contributed by atoms with E-state index in [1.54, 1.807) is 25.3 Å². The van der Waals surface area contributed by atoms with E-state index < -0.39 is 6.10 Å². The summed E-state index contributed by atoms with van der Waals surface area (Å²) < 4.78 is 5.17. The number of hydrogen-bond donors (Lipinski definition) is 1. The zero-order valence-corrected chi connectivity index (χ0v) is 12.7. The Morgan fingerprint density at radius 3 is 2.35 bits per heavy atom. The van der Waals surface area contributed by atoms with Gasteiger partial charge in [-0.25, -0.2) is 0 Å². The number of aliphatic hydroxyl groups is 1. The van der Waals surface area contributed by atoms with Crippen molar-refractivity contribution >= 4 is 23.2 Å². The van der Waals surface area contributed by atoms with Crippen LogP contribution in [0.25, 0.3) is 0 Å². The molecule has 20 heavy (non-hydrogen) atoms. The van der Waals surface area contributed by atoms with E-state index >= 15 is 0 Å². The zero-order chi connectivity index (χ0) is 14.5. The topological polar surface area (TPSA) is 29.5 Å². The van der Waals surface area contributed by atoms with Crippen LogP contribution in [0, 0.1) is 0 Å². The fraction of sp³-hybridized carbons (Fsp3) is 0.250. The van der Waals surface area contributed by atoms with Crippen LogP contribution in [-0.2, 0) is 12.8 Å². The summed E-state index contributed by atoms with van der Waals surface area (Å²) in [7, 11) is 1.62. The van der Waals surface area contributed by atoms with E-state index in [2.05, 4.69) is 0 Å². The summed E-state index contributed by atoms with van der Waals surface area (Å²) in [5.41, 5.74) is 1.80. The maximum Gasteiger partial charge on any atom is 0.119 e. The molecular weight excluding hydrogens is 295 g/mol. The first-order valence-electron chi connectivity index (χ1n) is 6.34. The molecule has 0 aromatic heterocycles. The van der Waals surface area contributed by atoms with E-state index in [4.69, 9.17) is 27.9 Å². The van der Waals surface area contributed by atoms with Crippen LogP contribution in [0.3, 0.4) is 0 Å². The van der Waals surface area contributed by atoms with Crippen LogP contribution < -0.4 is 4.74 Å². The molecule has 1 N–H and O–H groups in total. The molecule has 0 amide bonds. The quantitative estimate of drug-likeness (QED) is 0.899. The summed E-state index contributed by atoms with van der Waals surface area (Å²) >= 11 is 12.2. The normalized spacial score (nSPS) is 12.2. The van der Waals surface area contributed by atoms with Gasteiger partial charge in [-0.3, -0.25) is 0 Å². The molecule has 4 heteroatoms. The van der Waals surface area contributed by atoms with Gasteiger partial charge in [0.25, 0.3) is 0 Å². The Balaban J connectivity index is 2.07. The lowest BCUT2D eigenvalue weighted by atomic mass is 10.0. The molecule has 0 aliphatic rings. The number of methoxy groups -OCH3 is 1. The Labute approximate surface area is 128 Å². The molecule has 2 aromatic carbocycles. The highest BCUT2D eigenvalue weighted by atomic mass is 35.5. The van der Waals surface area contributed by atoms with Crippen molar-refractivity contribution in [3.8, 4) is 5.75 Å². The number of ether oxygens (including phenoxy) is 1. The van der Waals surface area contributed by atoms with Crippen molar-refractivity contribution in [2.24, 2.45) is 0 Å². The van der Waals surface area contributed by atoms with Gasteiger partial charge in [-0.2, -0.15) is 0 Å². The zero-order valence-electron chi connectivity index (χ0n) is 11.1. The fourth-order valence-corrected chi connectivity index (χ4v) is 2.66. The van der Waals surface area contributed by atoms with E-state index in [0.29, 0.717) is 22.9 Å². The smallest absolute Gasteiger partial charge is 0.119 e. The van der Waals surface area contributed by atoms with E-state index in [-0.39, 0.29) is 0 Å². The molecule has 2 aromatic rings. The second-order valence-electron chi connectivity index (χ2n) is 4.61. The van der Waals surface area contributed by atoms with Gasteiger partial charge in [0.15, 0.2) is 0 Å². The summed E-state index contributed by atoms with van der Waals surface area (Å²) in [5.74, 6) is 0.783. The Hall–Kier alpha value is -1.22. The Morgan fingerprint density at radius 2 is 1.70 bits per heavy atom. The highest BCUT2D eigenvalue weighted by molar-refractivity contribution is 6.35. The maximum atomic E-state index is 10.2. The molecule has 0 saturated carbocycles. The second-order valence-corrected chi connectivity index (χ2v) is 5.43. The van der Waals surface area contributed by atoms with Gasteiger partial charge in [-0.05, 0) is 41.8 Å². The fourth-order valence-electron chi connectivity index (χ4n) is 2.11. The van der Waals surface area contributed by atoms with Crippen molar-refractivity contribution in [2.75, 3.05) is 7.11 Å². The minimum Gasteiger partial charge on any atom is -0.497 e. The Kier molecular flexibility index (Phi) is 5.30. The summed E-state index contributed by atoms with van der Waals surface area (Å²) in [4.78, 5) is 0. The van der Waals surface area contributed by atoms with Crippen LogP contribution in [0.5, 0.6) is 5.75 Å². The molecule has 1 unspecified atom stereocenters. The molecule has 2 nitrogen and oxygen atoms in total. The summed E-state index contributed by atoms with van der Waals surface area (Å²) in [5, 5.41) is 11.4. The standard InChI is InChI=1S/C16H16Cl2O2/c1-20-13-5-2-4-11(9-13)8-12(19)10-14-15(17)6-3-7-16(14)18/h2-7,9,12,19H,8,10H2,1H3. The van der Waals surface area contributed by atoms with Crippen molar-refractivity contribution in [1.29, 1.82) is 0 Å². The van der Waals surface area contributed by atoms with E-state index in [1.807, 2.05) is 24.3 Å². The highest BCUT2D eigenvalue weighted by Gasteiger charge is 2.12. The monoisotopic (exact) mass is 310 g/mol. The molecule has 2 rings (SSSR count). The molecule has 1 atom stereocenters. The molecule has 0 bridgehead atoms. The lowest BCUT2D eigenvalue weighted by molar-refractivity contribution is 0.175. The third-order valence-electron chi connectivity index (χ3n) is 3.11. The summed E-state index contributed by atoms with van der Waals surface area (Å²) in [6, 6.07) is 13.0. The second kappa shape index (κ2) is 6.98. The van der Waals surface area contributed by atoms with Crippen LogP contribution in [-0.4, -0.2) is 18.3 Å². The van der Waals surface area contributed by atoms with Crippen LogP contribution >= 0.6 is 23.2 Å². The van der Waals surface area contributed by atoms with Crippen molar-refractivity contribution in [1.82, 2.24) is 0 Å². The maximum absolute atomic E-state index is 10.2. The third kappa shape index (κ3) is 3.89. The van der Waals surface area contributed by atoms with Gasteiger partial charge in [0.2, 0.25) is 0 Å². The van der Waals surface area contributed by atoms with Crippen molar-refractivity contribution in [3.05, 3.63) is 63.6 Å². The third-order valence-corrected chi connectivity index (χ3v) is 3.82. The number of benzene rings is 2. The van der Waals surface area contributed by atoms with E-state index in [9.17, 15) is 5.11 Å². The molecule has 0 fully saturated rings. The van der Waals surface area contributed by atoms with Crippen LogP contribution in [0.15, 0.2) is 42.5 Å². The first kappa shape index (κ1) is 15.2. The van der Waals surface area contributed by atoms with Crippen molar-refractivity contribution < 1.29 is 9.84 Å². The predicted octanol–water partition coefficient (Wildman–Crippen LogP) is 4.15. The van der Waals surface area contributed by atoms with Gasteiger partial charge >= 0.3 is 0 Å². The number of halogens is 2. The summed E-state index contributed by atoms with van der Waals surface area (Å²) in [6.45, 7) is 0. The molecule has 0 saturated heterocycles. The van der Waals surface area contributed by atoms with Crippen LogP contribution in [0.2, 0.25) is 10.0 Å². The number of hydrogen-bond acceptors (Lipinski definition) is 2. The lowest BCUT2D eigenvalue weighted by Crippen LogP contribution is -2.14. The van der Waals surface area contributed by atoms with Gasteiger partial charge in [0.1, 0.15) is 5.75 Å². The first-order valence-corrected chi connectivity index (χ1v) is 7.09. The highest BCUT2D eigenvalue weighted by Crippen LogP contribution is 2.26. The molecule has 106 valence electrons. The Bertz CT molecular complexity index is 564. The van der Waals surface area contributed by atoms with Gasteiger partial charge < -0.3 is 9.84 Å². The molecule has 0 aliphatic carbocycles. The molecule has 0 heterocycles. The molecule has 0 aliphatic heterocycles. The molecule has 0 radical (unpaired) electrons. The van der Waals surface area contributed by atoms with Gasteiger partial charge in [-0.1, -0.05) is 41.4 Å². The van der Waals surface area contributed by atoms with E-state index in [1.165, 1.54) is 0 Å². The average molecular weight is 311 g/mol. The predicted molar refractivity (Wildman–Crippen MR) is 82.9 cm³/mol. The van der Waals surface area contributed by atoms with Crippen molar-refractivity contribution in [3.63, 3.8) is 0 Å². The van der Waals surface area contributed by atoms with Gasteiger partial charge in [0.05, 0.1) is 13.2 Å². The minimum absolute atomic E-state index is 0.426. The Morgan fingerprint density at radius 1 is 1.05 bits per heavy atom. The largest absolute Gasteiger partial charge is 0.497 e. The first-order chi connectivity index (χ1) is 9.60. The SMILES string of the molecule is COc1cccc(CC(O)Cc2c(Cl)cccc2Cl)c1. The van der Waals surface area contributed by atoms with Crippen LogP contribution in [0.4, 0.5) is 0 Å². The average Bonchev–Trinajstić information content (AvgIpc) is 2.43. The lowest BCUT2D eigenvalue weighted by Gasteiger charge is -2.13. The van der Waals surface area contributed by atoms with Gasteiger partial charge in [0, 0.05) is 16.5 Å². The molecular formula is C16H16Cl2O2. The van der Waals surface area contributed by atoms with Crippen molar-refractivity contribution in [2.45, 2.75) is 18.9 Å².